The van der Waals surface area contributed by atoms with Crippen molar-refractivity contribution in [1.29, 1.82) is 0 Å². The third kappa shape index (κ3) is 3.04. The first kappa shape index (κ1) is 18.4. The summed E-state index contributed by atoms with van der Waals surface area (Å²) in [4.78, 5) is 27.8. The third-order valence-electron chi connectivity index (χ3n) is 6.74. The standard InChI is InChI=1S/C24H27N3O2/c1-17(28)26-22-10-4-5-11-23(22)27(24(26)29)19-13-15-25(16-14-19)21-12-6-8-18-7-2-3-9-20(18)21/h2-5,7,9-11,19,21H,6,8,12-16H2,1H3. The van der Waals surface area contributed by atoms with Crippen LogP contribution in [0.15, 0.2) is 53.3 Å². The molecule has 0 N–H and O–H groups in total. The number of nitrogens with zero attached hydrogens (tertiary/aromatic N) is 3. The van der Waals surface area contributed by atoms with Crippen LogP contribution in [0.4, 0.5) is 0 Å². The van der Waals surface area contributed by atoms with Crippen LogP contribution < -0.4 is 5.69 Å². The van der Waals surface area contributed by atoms with E-state index in [0.717, 1.165) is 31.4 Å². The van der Waals surface area contributed by atoms with Gasteiger partial charge in [-0.2, -0.15) is 0 Å². The minimum Gasteiger partial charge on any atom is -0.296 e. The fourth-order valence-corrected chi connectivity index (χ4v) is 5.39. The number of fused-ring (bicyclic) bond motifs is 2. The number of carbonyl (C=O) groups is 1. The second-order valence-electron chi connectivity index (χ2n) is 8.37. The van der Waals surface area contributed by atoms with E-state index in [4.69, 9.17) is 0 Å². The van der Waals surface area contributed by atoms with Crippen molar-refractivity contribution in [2.24, 2.45) is 0 Å². The smallest absolute Gasteiger partial charge is 0.296 e. The van der Waals surface area contributed by atoms with Gasteiger partial charge in [-0.15, -0.1) is 0 Å². The lowest BCUT2D eigenvalue weighted by Crippen LogP contribution is -2.40. The summed E-state index contributed by atoms with van der Waals surface area (Å²) in [5, 5.41) is 0. The molecule has 1 aromatic heterocycles. The summed E-state index contributed by atoms with van der Waals surface area (Å²) in [6.07, 6.45) is 5.51. The van der Waals surface area contributed by atoms with Gasteiger partial charge in [-0.25, -0.2) is 9.36 Å². The summed E-state index contributed by atoms with van der Waals surface area (Å²) in [5.41, 5.74) is 4.37. The van der Waals surface area contributed by atoms with Crippen LogP contribution in [-0.4, -0.2) is 33.0 Å². The molecule has 1 fully saturated rings. The van der Waals surface area contributed by atoms with Gasteiger partial charge in [0.25, 0.3) is 0 Å². The number of aromatic nitrogens is 2. The SMILES string of the molecule is CC(=O)n1c(=O)n(C2CCN(C3CCCc4ccccc43)CC2)c2ccccc21. The maximum Gasteiger partial charge on any atom is 0.336 e. The number of imidazole rings is 1. The molecule has 0 radical (unpaired) electrons. The first-order chi connectivity index (χ1) is 14.1. The third-order valence-corrected chi connectivity index (χ3v) is 6.74. The molecular formula is C24H27N3O2. The van der Waals surface area contributed by atoms with Gasteiger partial charge >= 0.3 is 5.69 Å². The monoisotopic (exact) mass is 389 g/mol. The number of piperidine rings is 1. The topological polar surface area (TPSA) is 47.2 Å². The Labute approximate surface area is 170 Å². The van der Waals surface area contributed by atoms with Crippen LogP contribution in [0, 0.1) is 0 Å². The van der Waals surface area contributed by atoms with Gasteiger partial charge in [-0.3, -0.25) is 14.3 Å². The predicted octanol–water partition coefficient (Wildman–Crippen LogP) is 4.18. The van der Waals surface area contributed by atoms with Crippen LogP contribution in [0.3, 0.4) is 0 Å². The number of aryl methyl sites for hydroxylation is 1. The Hall–Kier alpha value is -2.66. The van der Waals surface area contributed by atoms with Crippen LogP contribution in [0.2, 0.25) is 0 Å². The zero-order valence-corrected chi connectivity index (χ0v) is 16.9. The van der Waals surface area contributed by atoms with E-state index in [2.05, 4.69) is 29.2 Å². The molecule has 2 aromatic carbocycles. The Balaban J connectivity index is 1.42. The Morgan fingerprint density at radius 3 is 2.38 bits per heavy atom. The van der Waals surface area contributed by atoms with Crippen LogP contribution in [-0.2, 0) is 6.42 Å². The van der Waals surface area contributed by atoms with E-state index in [1.54, 1.807) is 0 Å². The van der Waals surface area contributed by atoms with E-state index < -0.39 is 0 Å². The Bertz CT molecular complexity index is 1120. The normalized spacial score (nSPS) is 20.7. The van der Waals surface area contributed by atoms with Gasteiger partial charge in [0.05, 0.1) is 11.0 Å². The number of likely N-dealkylation sites (tertiary alicyclic amines) is 1. The average molecular weight is 389 g/mol. The molecule has 0 saturated carbocycles. The zero-order chi connectivity index (χ0) is 20.0. The Morgan fingerprint density at radius 2 is 1.62 bits per heavy atom. The van der Waals surface area contributed by atoms with Crippen LogP contribution in [0.5, 0.6) is 0 Å². The number of para-hydroxylation sites is 2. The van der Waals surface area contributed by atoms with Gasteiger partial charge in [0.15, 0.2) is 0 Å². The number of hydrogen-bond donors (Lipinski definition) is 0. The van der Waals surface area contributed by atoms with E-state index >= 15 is 0 Å². The molecule has 1 aliphatic heterocycles. The molecule has 1 unspecified atom stereocenters. The van der Waals surface area contributed by atoms with Gasteiger partial charge in [0.2, 0.25) is 5.91 Å². The number of rotatable bonds is 2. The molecule has 5 nitrogen and oxygen atoms in total. The molecule has 1 atom stereocenters. The van der Waals surface area contributed by atoms with Crippen molar-refractivity contribution in [3.8, 4) is 0 Å². The summed E-state index contributed by atoms with van der Waals surface area (Å²) in [5.74, 6) is -0.221. The molecule has 29 heavy (non-hydrogen) atoms. The Kier molecular flexibility index (Phi) is 4.63. The molecule has 5 rings (SSSR count). The Morgan fingerprint density at radius 1 is 0.931 bits per heavy atom. The minimum absolute atomic E-state index is 0.142. The lowest BCUT2D eigenvalue weighted by molar-refractivity contribution is 0.0933. The van der Waals surface area contributed by atoms with Gasteiger partial charge in [-0.05, 0) is 55.4 Å². The summed E-state index contributed by atoms with van der Waals surface area (Å²) >= 11 is 0. The predicted molar refractivity (Wildman–Crippen MR) is 114 cm³/mol. The first-order valence-electron chi connectivity index (χ1n) is 10.7. The second-order valence-corrected chi connectivity index (χ2v) is 8.37. The maximum atomic E-state index is 13.1. The molecule has 1 aliphatic carbocycles. The quantitative estimate of drug-likeness (QED) is 0.661. The zero-order valence-electron chi connectivity index (χ0n) is 16.9. The highest BCUT2D eigenvalue weighted by Gasteiger charge is 2.31. The van der Waals surface area contributed by atoms with E-state index in [9.17, 15) is 9.59 Å². The van der Waals surface area contributed by atoms with Crippen molar-refractivity contribution in [2.45, 2.75) is 51.1 Å². The molecule has 0 bridgehead atoms. The summed E-state index contributed by atoms with van der Waals surface area (Å²) in [6, 6.07) is 17.1. The molecule has 3 aromatic rings. The largest absolute Gasteiger partial charge is 0.336 e. The van der Waals surface area contributed by atoms with Crippen LogP contribution >= 0.6 is 0 Å². The van der Waals surface area contributed by atoms with Crippen LogP contribution in [0.1, 0.15) is 60.6 Å². The van der Waals surface area contributed by atoms with Gasteiger partial charge < -0.3 is 0 Å². The molecule has 5 heteroatoms. The van der Waals surface area contributed by atoms with Crippen LogP contribution in [0.25, 0.3) is 11.0 Å². The highest BCUT2D eigenvalue weighted by atomic mass is 16.2. The average Bonchev–Trinajstić information content (AvgIpc) is 3.05. The summed E-state index contributed by atoms with van der Waals surface area (Å²) < 4.78 is 3.18. The highest BCUT2D eigenvalue weighted by Crippen LogP contribution is 2.37. The molecule has 150 valence electrons. The fraction of sp³-hybridized carbons (Fsp3) is 0.417. The maximum absolute atomic E-state index is 13.1. The number of hydrogen-bond acceptors (Lipinski definition) is 3. The number of benzene rings is 2. The van der Waals surface area contributed by atoms with E-state index in [1.165, 1.54) is 41.9 Å². The highest BCUT2D eigenvalue weighted by molar-refractivity contribution is 5.89. The molecule has 0 spiro atoms. The minimum atomic E-state index is -0.221. The van der Waals surface area contributed by atoms with E-state index in [0.29, 0.717) is 11.6 Å². The van der Waals surface area contributed by atoms with E-state index in [-0.39, 0.29) is 17.6 Å². The second kappa shape index (κ2) is 7.30. The lowest BCUT2D eigenvalue weighted by Gasteiger charge is -2.40. The first-order valence-corrected chi connectivity index (χ1v) is 10.7. The fourth-order valence-electron chi connectivity index (χ4n) is 5.39. The van der Waals surface area contributed by atoms with Crippen molar-refractivity contribution in [3.63, 3.8) is 0 Å². The van der Waals surface area contributed by atoms with E-state index in [1.807, 2.05) is 28.8 Å². The molecule has 2 aliphatic rings. The van der Waals surface area contributed by atoms with Crippen molar-refractivity contribution < 1.29 is 4.79 Å². The summed E-state index contributed by atoms with van der Waals surface area (Å²) in [6.45, 7) is 3.42. The van der Waals surface area contributed by atoms with Gasteiger partial charge in [-0.1, -0.05) is 36.4 Å². The van der Waals surface area contributed by atoms with Gasteiger partial charge in [0, 0.05) is 32.1 Å². The van der Waals surface area contributed by atoms with Crippen molar-refractivity contribution in [1.82, 2.24) is 14.0 Å². The molecule has 0 amide bonds. The van der Waals surface area contributed by atoms with Crippen molar-refractivity contribution in [2.75, 3.05) is 13.1 Å². The molecule has 2 heterocycles. The van der Waals surface area contributed by atoms with Crippen molar-refractivity contribution in [3.05, 3.63) is 70.1 Å². The van der Waals surface area contributed by atoms with Crippen molar-refractivity contribution >= 4 is 16.9 Å². The lowest BCUT2D eigenvalue weighted by atomic mass is 9.86. The number of carbonyl (C=O) groups excluding carboxylic acids is 1. The summed E-state index contributed by atoms with van der Waals surface area (Å²) in [7, 11) is 0. The molecule has 1 saturated heterocycles. The molecular weight excluding hydrogens is 362 g/mol. The van der Waals surface area contributed by atoms with Gasteiger partial charge in [0.1, 0.15) is 0 Å².